The molecule has 1 rings (SSSR count). The standard InChI is InChI=1S/C23H37NO2/c1-18-10-6-5-7-11-20(3)17-24-23(26)13-9-8-12-21(4)22(25)15-14-19(2)16-18/h5-6,8-9,12-14,18,20-22,25H,7,10-11,15-17H2,1-4H3,(H,24,26)/b6-5+,12-8+,13-9+,19-14+. The fraction of sp³-hybridized carbons (Fsp3) is 0.609. The Morgan fingerprint density at radius 3 is 2.62 bits per heavy atom. The summed E-state index contributed by atoms with van der Waals surface area (Å²) >= 11 is 0. The fourth-order valence-corrected chi connectivity index (χ4v) is 3.03. The number of nitrogens with one attached hydrogen (secondary N) is 1. The third-order valence-electron chi connectivity index (χ3n) is 4.91. The zero-order valence-electron chi connectivity index (χ0n) is 16.9. The maximum atomic E-state index is 11.8. The van der Waals surface area contributed by atoms with E-state index in [4.69, 9.17) is 0 Å². The van der Waals surface area contributed by atoms with Crippen LogP contribution in [0.3, 0.4) is 0 Å². The molecule has 1 aliphatic rings. The zero-order valence-corrected chi connectivity index (χ0v) is 16.9. The summed E-state index contributed by atoms with van der Waals surface area (Å²) in [4.78, 5) is 11.8. The highest BCUT2D eigenvalue weighted by molar-refractivity contribution is 5.87. The van der Waals surface area contributed by atoms with Gasteiger partial charge in [0.05, 0.1) is 6.10 Å². The van der Waals surface area contributed by atoms with E-state index in [9.17, 15) is 9.90 Å². The molecule has 2 N–H and O–H groups in total. The Morgan fingerprint density at radius 2 is 1.85 bits per heavy atom. The minimum atomic E-state index is -0.398. The minimum Gasteiger partial charge on any atom is -0.392 e. The lowest BCUT2D eigenvalue weighted by molar-refractivity contribution is -0.116. The molecule has 4 unspecified atom stereocenters. The van der Waals surface area contributed by atoms with Crippen molar-refractivity contribution in [2.75, 3.05) is 6.54 Å². The van der Waals surface area contributed by atoms with Crippen LogP contribution in [-0.2, 0) is 4.79 Å². The van der Waals surface area contributed by atoms with Gasteiger partial charge in [-0.3, -0.25) is 4.79 Å². The summed E-state index contributed by atoms with van der Waals surface area (Å²) in [5.41, 5.74) is 1.35. The number of rotatable bonds is 0. The number of carbonyl (C=O) groups is 1. The van der Waals surface area contributed by atoms with Gasteiger partial charge in [0.25, 0.3) is 0 Å². The summed E-state index contributed by atoms with van der Waals surface area (Å²) in [6.07, 6.45) is 18.4. The molecular formula is C23H37NO2. The summed E-state index contributed by atoms with van der Waals surface area (Å²) in [7, 11) is 0. The SMILES string of the molecule is C/C1=C\CC(O)C(C)/C=C/C=C/C(=O)NCC(C)CC/C=C/CC(C)C1. The van der Waals surface area contributed by atoms with Crippen LogP contribution in [0.5, 0.6) is 0 Å². The number of carbonyl (C=O) groups excluding carboxylic acids is 1. The van der Waals surface area contributed by atoms with Gasteiger partial charge < -0.3 is 10.4 Å². The van der Waals surface area contributed by atoms with E-state index < -0.39 is 6.10 Å². The smallest absolute Gasteiger partial charge is 0.243 e. The summed E-state index contributed by atoms with van der Waals surface area (Å²) in [5.74, 6) is 1.07. The Balaban J connectivity index is 2.73. The number of hydrogen-bond acceptors (Lipinski definition) is 2. The van der Waals surface area contributed by atoms with Crippen LogP contribution in [0.25, 0.3) is 0 Å². The molecule has 146 valence electrons. The fourth-order valence-electron chi connectivity index (χ4n) is 3.03. The highest BCUT2D eigenvalue weighted by Crippen LogP contribution is 2.18. The van der Waals surface area contributed by atoms with Crippen LogP contribution >= 0.6 is 0 Å². The van der Waals surface area contributed by atoms with Crippen molar-refractivity contribution >= 4 is 5.91 Å². The van der Waals surface area contributed by atoms with Gasteiger partial charge in [-0.15, -0.1) is 0 Å². The largest absolute Gasteiger partial charge is 0.392 e. The van der Waals surface area contributed by atoms with Crippen LogP contribution < -0.4 is 5.32 Å². The first-order valence-corrected chi connectivity index (χ1v) is 9.99. The van der Waals surface area contributed by atoms with Crippen LogP contribution in [0.15, 0.2) is 48.1 Å². The Hall–Kier alpha value is -1.61. The summed E-state index contributed by atoms with van der Waals surface area (Å²) in [6, 6.07) is 0. The Morgan fingerprint density at radius 1 is 1.08 bits per heavy atom. The van der Waals surface area contributed by atoms with Crippen molar-refractivity contribution in [1.29, 1.82) is 0 Å². The second-order valence-corrected chi connectivity index (χ2v) is 7.90. The van der Waals surface area contributed by atoms with Gasteiger partial charge in [-0.2, -0.15) is 0 Å². The Kier molecular flexibility index (Phi) is 11.0. The van der Waals surface area contributed by atoms with E-state index in [1.54, 1.807) is 12.2 Å². The van der Waals surface area contributed by atoms with E-state index in [0.29, 0.717) is 24.8 Å². The molecule has 0 spiro atoms. The van der Waals surface area contributed by atoms with E-state index in [1.165, 1.54) is 5.57 Å². The van der Waals surface area contributed by atoms with Crippen molar-refractivity contribution in [2.45, 2.75) is 65.9 Å². The maximum Gasteiger partial charge on any atom is 0.243 e. The van der Waals surface area contributed by atoms with Gasteiger partial charge in [0.1, 0.15) is 0 Å². The normalized spacial score (nSPS) is 36.2. The van der Waals surface area contributed by atoms with Crippen molar-refractivity contribution in [3.63, 3.8) is 0 Å². The van der Waals surface area contributed by atoms with Gasteiger partial charge >= 0.3 is 0 Å². The molecule has 4 atom stereocenters. The molecule has 3 heteroatoms. The molecule has 1 amide bonds. The number of aliphatic hydroxyl groups excluding tert-OH is 1. The van der Waals surface area contributed by atoms with Crippen LogP contribution in [-0.4, -0.2) is 23.7 Å². The van der Waals surface area contributed by atoms with Crippen LogP contribution in [0, 0.1) is 17.8 Å². The van der Waals surface area contributed by atoms with Crippen LogP contribution in [0.4, 0.5) is 0 Å². The lowest BCUT2D eigenvalue weighted by atomic mass is 9.95. The second-order valence-electron chi connectivity index (χ2n) is 7.90. The minimum absolute atomic E-state index is 0.0535. The molecular weight excluding hydrogens is 322 g/mol. The molecule has 0 aromatic heterocycles. The molecule has 0 aromatic rings. The third-order valence-corrected chi connectivity index (χ3v) is 4.91. The van der Waals surface area contributed by atoms with Gasteiger partial charge in [0.2, 0.25) is 5.91 Å². The first-order chi connectivity index (χ1) is 12.4. The number of allylic oxidation sites excluding steroid dienone is 5. The number of hydrogen-bond donors (Lipinski definition) is 2. The molecule has 0 saturated carbocycles. The van der Waals surface area contributed by atoms with E-state index in [1.807, 2.05) is 19.1 Å². The summed E-state index contributed by atoms with van der Waals surface area (Å²) < 4.78 is 0. The van der Waals surface area contributed by atoms with E-state index in [-0.39, 0.29) is 11.8 Å². The van der Waals surface area contributed by atoms with Crippen molar-refractivity contribution < 1.29 is 9.90 Å². The van der Waals surface area contributed by atoms with E-state index in [2.05, 4.69) is 44.3 Å². The highest BCUT2D eigenvalue weighted by Gasteiger charge is 2.10. The van der Waals surface area contributed by atoms with E-state index >= 15 is 0 Å². The molecule has 0 fully saturated rings. The topological polar surface area (TPSA) is 49.3 Å². The first-order valence-electron chi connectivity index (χ1n) is 9.99. The van der Waals surface area contributed by atoms with Gasteiger partial charge in [-0.1, -0.05) is 62.8 Å². The molecule has 26 heavy (non-hydrogen) atoms. The predicted molar refractivity (Wildman–Crippen MR) is 111 cm³/mol. The molecule has 3 nitrogen and oxygen atoms in total. The zero-order chi connectivity index (χ0) is 19.4. The molecule has 0 radical (unpaired) electrons. The molecule has 0 aromatic carbocycles. The lowest BCUT2D eigenvalue weighted by Crippen LogP contribution is -2.26. The Labute approximate surface area is 160 Å². The summed E-state index contributed by atoms with van der Waals surface area (Å²) in [5, 5.41) is 13.2. The summed E-state index contributed by atoms with van der Waals surface area (Å²) in [6.45, 7) is 9.31. The molecule has 0 aliphatic carbocycles. The number of amides is 1. The molecule has 0 saturated heterocycles. The van der Waals surface area contributed by atoms with Crippen molar-refractivity contribution in [3.05, 3.63) is 48.1 Å². The Bertz CT molecular complexity index is 530. The predicted octanol–water partition coefficient (Wildman–Crippen LogP) is 4.95. The van der Waals surface area contributed by atoms with Crippen LogP contribution in [0.2, 0.25) is 0 Å². The second kappa shape index (κ2) is 12.7. The highest BCUT2D eigenvalue weighted by atomic mass is 16.3. The molecule has 0 bridgehead atoms. The van der Waals surface area contributed by atoms with E-state index in [0.717, 1.165) is 25.7 Å². The van der Waals surface area contributed by atoms with Gasteiger partial charge in [-0.25, -0.2) is 0 Å². The third kappa shape index (κ3) is 10.4. The molecule has 1 aliphatic heterocycles. The quantitative estimate of drug-likeness (QED) is 0.601. The maximum absolute atomic E-state index is 11.8. The van der Waals surface area contributed by atoms with Crippen molar-refractivity contribution in [2.24, 2.45) is 17.8 Å². The lowest BCUT2D eigenvalue weighted by Gasteiger charge is -2.15. The monoisotopic (exact) mass is 359 g/mol. The number of aliphatic hydroxyl groups is 1. The first kappa shape index (κ1) is 22.4. The van der Waals surface area contributed by atoms with Gasteiger partial charge in [0.15, 0.2) is 0 Å². The average Bonchev–Trinajstić information content (AvgIpc) is 2.60. The van der Waals surface area contributed by atoms with Crippen molar-refractivity contribution in [1.82, 2.24) is 5.32 Å². The van der Waals surface area contributed by atoms with Gasteiger partial charge in [0, 0.05) is 18.5 Å². The van der Waals surface area contributed by atoms with Crippen LogP contribution in [0.1, 0.15) is 59.8 Å². The molecule has 1 heterocycles. The van der Waals surface area contributed by atoms with Gasteiger partial charge in [-0.05, 0) is 50.9 Å². The van der Waals surface area contributed by atoms with Crippen molar-refractivity contribution in [3.8, 4) is 0 Å². The average molecular weight is 360 g/mol.